The summed E-state index contributed by atoms with van der Waals surface area (Å²) in [4.78, 5) is 4.55. The van der Waals surface area contributed by atoms with Crippen molar-refractivity contribution in [1.29, 1.82) is 0 Å². The Labute approximate surface area is 125 Å². The van der Waals surface area contributed by atoms with Crippen molar-refractivity contribution in [2.75, 3.05) is 0 Å². The minimum absolute atomic E-state index is 0.0918. The third-order valence-corrected chi connectivity index (χ3v) is 3.40. The van der Waals surface area contributed by atoms with Crippen LogP contribution in [0.5, 0.6) is 0 Å². The predicted molar refractivity (Wildman–Crippen MR) is 82.5 cm³/mol. The van der Waals surface area contributed by atoms with Crippen LogP contribution in [0.3, 0.4) is 0 Å². The van der Waals surface area contributed by atoms with Crippen molar-refractivity contribution >= 4 is 11.6 Å². The van der Waals surface area contributed by atoms with E-state index in [4.69, 9.17) is 17.3 Å². The van der Waals surface area contributed by atoms with Crippen molar-refractivity contribution in [3.63, 3.8) is 0 Å². The van der Waals surface area contributed by atoms with Gasteiger partial charge < -0.3 is 5.73 Å². The smallest absolute Gasteiger partial charge is 0.151 e. The quantitative estimate of drug-likeness (QED) is 0.922. The zero-order valence-electron chi connectivity index (χ0n) is 12.2. The van der Waals surface area contributed by atoms with E-state index in [1.165, 1.54) is 0 Å². The molecule has 0 aliphatic carbocycles. The molecule has 0 radical (unpaired) electrons. The Hall–Kier alpha value is -1.39. The van der Waals surface area contributed by atoms with Crippen LogP contribution in [-0.4, -0.2) is 20.8 Å². The second-order valence-electron chi connectivity index (χ2n) is 5.02. The Balaban J connectivity index is 2.55. The highest BCUT2D eigenvalue weighted by Crippen LogP contribution is 2.22. The molecule has 1 aromatic carbocycles. The monoisotopic (exact) mass is 292 g/mol. The van der Waals surface area contributed by atoms with E-state index < -0.39 is 0 Å². The van der Waals surface area contributed by atoms with Crippen LogP contribution in [0, 0.1) is 0 Å². The largest absolute Gasteiger partial charge is 0.328 e. The van der Waals surface area contributed by atoms with Crippen LogP contribution in [-0.2, 0) is 19.3 Å². The first kappa shape index (κ1) is 15.0. The van der Waals surface area contributed by atoms with Crippen molar-refractivity contribution in [3.8, 4) is 5.69 Å². The summed E-state index contributed by atoms with van der Waals surface area (Å²) >= 11 is 6.15. The van der Waals surface area contributed by atoms with Gasteiger partial charge in [0.05, 0.1) is 5.69 Å². The van der Waals surface area contributed by atoms with E-state index in [0.29, 0.717) is 5.02 Å². The van der Waals surface area contributed by atoms with E-state index in [1.54, 1.807) is 0 Å². The fraction of sp³-hybridized carbons (Fsp3) is 0.467. The molecule has 1 atom stereocenters. The van der Waals surface area contributed by atoms with Crippen LogP contribution in [0.4, 0.5) is 0 Å². The summed E-state index contributed by atoms with van der Waals surface area (Å²) in [5.74, 6) is 1.81. The molecular formula is C15H21ClN4. The molecule has 0 spiro atoms. The number of aromatic nitrogens is 3. The predicted octanol–water partition coefficient (Wildman–Crippen LogP) is 2.94. The second-order valence-corrected chi connectivity index (χ2v) is 5.45. The van der Waals surface area contributed by atoms with Gasteiger partial charge in [-0.3, -0.25) is 0 Å². The summed E-state index contributed by atoms with van der Waals surface area (Å²) in [7, 11) is 0. The molecule has 2 rings (SSSR count). The lowest BCUT2D eigenvalue weighted by atomic mass is 10.1. The number of nitrogens with two attached hydrogens (primary N) is 1. The Kier molecular flexibility index (Phi) is 4.78. The summed E-state index contributed by atoms with van der Waals surface area (Å²) in [6.07, 6.45) is 2.44. The average Bonchev–Trinajstić information content (AvgIpc) is 2.83. The molecule has 1 unspecified atom stereocenters. The van der Waals surface area contributed by atoms with E-state index in [-0.39, 0.29) is 6.04 Å². The molecule has 0 bridgehead atoms. The van der Waals surface area contributed by atoms with Crippen LogP contribution < -0.4 is 5.73 Å². The highest BCUT2D eigenvalue weighted by Gasteiger charge is 2.14. The summed E-state index contributed by atoms with van der Waals surface area (Å²) in [6, 6.07) is 5.95. The van der Waals surface area contributed by atoms with Crippen molar-refractivity contribution in [2.45, 2.75) is 46.1 Å². The van der Waals surface area contributed by atoms with Gasteiger partial charge in [-0.05, 0) is 31.0 Å². The summed E-state index contributed by atoms with van der Waals surface area (Å²) in [5, 5.41) is 5.28. The van der Waals surface area contributed by atoms with Crippen molar-refractivity contribution in [2.24, 2.45) is 5.73 Å². The van der Waals surface area contributed by atoms with E-state index >= 15 is 0 Å². The fourth-order valence-corrected chi connectivity index (χ4v) is 2.38. The first-order chi connectivity index (χ1) is 9.55. The van der Waals surface area contributed by atoms with Gasteiger partial charge >= 0.3 is 0 Å². The lowest BCUT2D eigenvalue weighted by molar-refractivity contribution is 0.718. The average molecular weight is 293 g/mol. The highest BCUT2D eigenvalue weighted by molar-refractivity contribution is 6.30. The number of aryl methyl sites for hydroxylation is 2. The third-order valence-electron chi connectivity index (χ3n) is 3.17. The number of nitrogens with zero attached hydrogens (tertiary/aromatic N) is 3. The van der Waals surface area contributed by atoms with Crippen molar-refractivity contribution < 1.29 is 0 Å². The normalized spacial score (nSPS) is 12.7. The molecule has 0 amide bonds. The van der Waals surface area contributed by atoms with Crippen LogP contribution in [0.1, 0.15) is 38.0 Å². The Bertz CT molecular complexity index is 590. The number of benzene rings is 1. The van der Waals surface area contributed by atoms with E-state index in [0.717, 1.165) is 42.2 Å². The van der Waals surface area contributed by atoms with Gasteiger partial charge in [-0.15, -0.1) is 0 Å². The zero-order valence-corrected chi connectivity index (χ0v) is 13.0. The van der Waals surface area contributed by atoms with Crippen LogP contribution in [0.2, 0.25) is 5.02 Å². The lowest BCUT2D eigenvalue weighted by Crippen LogP contribution is -2.19. The lowest BCUT2D eigenvalue weighted by Gasteiger charge is -2.13. The molecule has 2 aromatic rings. The van der Waals surface area contributed by atoms with Gasteiger partial charge in [0, 0.05) is 23.9 Å². The summed E-state index contributed by atoms with van der Waals surface area (Å²) in [6.45, 7) is 6.13. The Morgan fingerprint density at radius 3 is 2.65 bits per heavy atom. The van der Waals surface area contributed by atoms with E-state index in [9.17, 15) is 0 Å². The molecule has 0 saturated carbocycles. The minimum atomic E-state index is 0.0918. The highest BCUT2D eigenvalue weighted by atomic mass is 35.5. The first-order valence-electron chi connectivity index (χ1n) is 7.04. The molecule has 20 heavy (non-hydrogen) atoms. The number of hydrogen-bond donors (Lipinski definition) is 1. The minimum Gasteiger partial charge on any atom is -0.328 e. The molecule has 5 heteroatoms. The molecule has 0 saturated heterocycles. The molecule has 4 nitrogen and oxygen atoms in total. The molecule has 0 aliphatic heterocycles. The topological polar surface area (TPSA) is 56.7 Å². The SMILES string of the molecule is CCc1nc(CC)n(-c2cc(Cl)ccc2CC(C)N)n1. The van der Waals surface area contributed by atoms with Gasteiger partial charge in [-0.1, -0.05) is 31.5 Å². The van der Waals surface area contributed by atoms with Crippen LogP contribution >= 0.6 is 11.6 Å². The van der Waals surface area contributed by atoms with Gasteiger partial charge in [0.25, 0.3) is 0 Å². The maximum atomic E-state index is 6.15. The molecule has 2 N–H and O–H groups in total. The van der Waals surface area contributed by atoms with Crippen LogP contribution in [0.15, 0.2) is 18.2 Å². The first-order valence-corrected chi connectivity index (χ1v) is 7.42. The standard InChI is InChI=1S/C15H21ClN4/c1-4-14-18-15(5-2)20(19-14)13-9-12(16)7-6-11(13)8-10(3)17/h6-7,9-10H,4-5,8,17H2,1-3H3. The Morgan fingerprint density at radius 1 is 1.30 bits per heavy atom. The Morgan fingerprint density at radius 2 is 2.05 bits per heavy atom. The van der Waals surface area contributed by atoms with Gasteiger partial charge in [0.1, 0.15) is 5.82 Å². The van der Waals surface area contributed by atoms with Gasteiger partial charge in [0.2, 0.25) is 0 Å². The zero-order chi connectivity index (χ0) is 14.7. The number of halogens is 1. The van der Waals surface area contributed by atoms with E-state index in [2.05, 4.69) is 23.9 Å². The van der Waals surface area contributed by atoms with E-state index in [1.807, 2.05) is 29.8 Å². The number of hydrogen-bond acceptors (Lipinski definition) is 3. The van der Waals surface area contributed by atoms with Gasteiger partial charge in [0.15, 0.2) is 5.82 Å². The maximum absolute atomic E-state index is 6.15. The van der Waals surface area contributed by atoms with Crippen molar-refractivity contribution in [1.82, 2.24) is 14.8 Å². The second kappa shape index (κ2) is 6.37. The molecule has 0 aliphatic rings. The molecule has 1 aromatic heterocycles. The number of rotatable bonds is 5. The summed E-state index contributed by atoms with van der Waals surface area (Å²) in [5.41, 5.74) is 8.06. The van der Waals surface area contributed by atoms with Gasteiger partial charge in [-0.25, -0.2) is 9.67 Å². The third kappa shape index (κ3) is 3.19. The van der Waals surface area contributed by atoms with Crippen molar-refractivity contribution in [3.05, 3.63) is 40.4 Å². The summed E-state index contributed by atoms with van der Waals surface area (Å²) < 4.78 is 1.91. The molecule has 1 heterocycles. The molecular weight excluding hydrogens is 272 g/mol. The fourth-order valence-electron chi connectivity index (χ4n) is 2.22. The maximum Gasteiger partial charge on any atom is 0.151 e. The van der Waals surface area contributed by atoms with Crippen LogP contribution in [0.25, 0.3) is 5.69 Å². The molecule has 0 fully saturated rings. The van der Waals surface area contributed by atoms with Gasteiger partial charge in [-0.2, -0.15) is 5.10 Å². The molecule has 108 valence electrons.